The van der Waals surface area contributed by atoms with Crippen molar-refractivity contribution in [3.63, 3.8) is 0 Å². The van der Waals surface area contributed by atoms with Crippen LogP contribution in [0.1, 0.15) is 50.9 Å². The number of hydrogen-bond acceptors (Lipinski definition) is 7. The Labute approximate surface area is 219 Å². The lowest BCUT2D eigenvalue weighted by Gasteiger charge is -2.14. The van der Waals surface area contributed by atoms with Gasteiger partial charge in [-0.05, 0) is 74.7 Å². The van der Waals surface area contributed by atoms with Crippen LogP contribution >= 0.6 is 23.6 Å². The van der Waals surface area contributed by atoms with Crippen molar-refractivity contribution >= 4 is 45.5 Å². The van der Waals surface area contributed by atoms with E-state index in [0.717, 1.165) is 41.9 Å². The number of benzene rings is 2. The Bertz CT molecular complexity index is 1230. The van der Waals surface area contributed by atoms with Gasteiger partial charge < -0.3 is 19.5 Å². The first-order chi connectivity index (χ1) is 17.6. The van der Waals surface area contributed by atoms with Gasteiger partial charge in [-0.25, -0.2) is 4.79 Å². The summed E-state index contributed by atoms with van der Waals surface area (Å²) in [5.41, 5.74) is 1.89. The summed E-state index contributed by atoms with van der Waals surface area (Å²) >= 11 is 6.91. The molecule has 1 amide bonds. The first-order valence-corrected chi connectivity index (χ1v) is 13.1. The van der Waals surface area contributed by atoms with E-state index in [1.165, 1.54) is 11.3 Å². The fourth-order valence-corrected chi connectivity index (χ4v) is 5.53. The molecule has 4 rings (SSSR count). The van der Waals surface area contributed by atoms with Gasteiger partial charge in [-0.1, -0.05) is 30.3 Å². The zero-order chi connectivity index (χ0) is 25.3. The molecule has 0 fully saturated rings. The third kappa shape index (κ3) is 6.41. The van der Waals surface area contributed by atoms with Crippen molar-refractivity contribution in [2.45, 2.75) is 32.6 Å². The summed E-state index contributed by atoms with van der Waals surface area (Å²) in [6, 6.07) is 16.4. The molecule has 0 aliphatic heterocycles. The second-order valence-electron chi connectivity index (χ2n) is 8.05. The summed E-state index contributed by atoms with van der Waals surface area (Å²) in [5.74, 6) is 0.394. The van der Waals surface area contributed by atoms with Gasteiger partial charge in [0.1, 0.15) is 29.7 Å². The number of nitrogens with one attached hydrogen (secondary N) is 2. The van der Waals surface area contributed by atoms with Crippen LogP contribution in [0.3, 0.4) is 0 Å². The van der Waals surface area contributed by atoms with Gasteiger partial charge in [-0.15, -0.1) is 11.3 Å². The van der Waals surface area contributed by atoms with Gasteiger partial charge in [0.05, 0.1) is 17.7 Å². The first-order valence-electron chi connectivity index (χ1n) is 11.9. The van der Waals surface area contributed by atoms with Crippen LogP contribution < -0.4 is 20.1 Å². The van der Waals surface area contributed by atoms with E-state index in [1.807, 2.05) is 30.3 Å². The lowest BCUT2D eigenvalue weighted by Crippen LogP contribution is -2.34. The number of thiophene rings is 1. The van der Waals surface area contributed by atoms with Crippen LogP contribution in [0.5, 0.6) is 11.5 Å². The maximum atomic E-state index is 13.0. The molecule has 1 aliphatic rings. The Morgan fingerprint density at radius 3 is 2.50 bits per heavy atom. The molecule has 0 saturated heterocycles. The Kier molecular flexibility index (Phi) is 8.91. The maximum absolute atomic E-state index is 13.0. The normalized spacial score (nSPS) is 12.2. The molecule has 188 valence electrons. The quantitative estimate of drug-likeness (QED) is 0.221. The van der Waals surface area contributed by atoms with E-state index < -0.39 is 5.91 Å². The van der Waals surface area contributed by atoms with Gasteiger partial charge in [-0.3, -0.25) is 10.1 Å². The van der Waals surface area contributed by atoms with Crippen LogP contribution in [0.4, 0.5) is 5.00 Å². The molecule has 1 aliphatic carbocycles. The lowest BCUT2D eigenvalue weighted by atomic mass is 9.95. The number of rotatable bonds is 9. The van der Waals surface area contributed by atoms with E-state index in [2.05, 4.69) is 10.6 Å². The molecule has 2 N–H and O–H groups in total. The highest BCUT2D eigenvalue weighted by Crippen LogP contribution is 2.38. The Hall–Kier alpha value is -3.43. The predicted molar refractivity (Wildman–Crippen MR) is 144 cm³/mol. The average Bonchev–Trinajstić information content (AvgIpc) is 3.25. The standard InChI is InChI=1S/C27H28N2O5S2/c1-2-32-26(31)23-20-13-7-9-15-22(20)36-25(23)29-27(35)28-24(30)19-12-6-8-14-21(19)34-17-16-33-18-10-4-3-5-11-18/h3-6,8,10-12,14H,2,7,9,13,15-17H2,1H3,(H2,28,29,30,35). The van der Waals surface area contributed by atoms with Crippen molar-refractivity contribution in [2.24, 2.45) is 0 Å². The minimum atomic E-state index is -0.411. The SMILES string of the molecule is CCOC(=O)c1c(NC(=S)NC(=O)c2ccccc2OCCOc2ccccc2)sc2c1CCCC2. The zero-order valence-electron chi connectivity index (χ0n) is 20.0. The fraction of sp³-hybridized carbons (Fsp3) is 0.296. The largest absolute Gasteiger partial charge is 0.490 e. The fourth-order valence-electron chi connectivity index (χ4n) is 3.99. The third-order valence-electron chi connectivity index (χ3n) is 5.59. The number of thiocarbonyl (C=S) groups is 1. The minimum Gasteiger partial charge on any atom is -0.490 e. The third-order valence-corrected chi connectivity index (χ3v) is 7.00. The summed E-state index contributed by atoms with van der Waals surface area (Å²) in [6.45, 7) is 2.67. The Balaban J connectivity index is 1.39. The van der Waals surface area contributed by atoms with Gasteiger partial charge in [0.25, 0.3) is 5.91 Å². The van der Waals surface area contributed by atoms with E-state index in [4.69, 9.17) is 26.4 Å². The Morgan fingerprint density at radius 1 is 0.972 bits per heavy atom. The topological polar surface area (TPSA) is 85.9 Å². The molecule has 3 aromatic rings. The number of carbonyl (C=O) groups is 2. The second-order valence-corrected chi connectivity index (χ2v) is 9.56. The highest BCUT2D eigenvalue weighted by Gasteiger charge is 2.27. The van der Waals surface area contributed by atoms with E-state index >= 15 is 0 Å². The summed E-state index contributed by atoms with van der Waals surface area (Å²) in [4.78, 5) is 26.8. The number of hydrogen-bond donors (Lipinski definition) is 2. The number of para-hydroxylation sites is 2. The number of carbonyl (C=O) groups excluding carboxylic acids is 2. The van der Waals surface area contributed by atoms with Gasteiger partial charge in [0.2, 0.25) is 0 Å². The maximum Gasteiger partial charge on any atom is 0.341 e. The molecule has 9 heteroatoms. The number of anilines is 1. The molecule has 0 radical (unpaired) electrons. The zero-order valence-corrected chi connectivity index (χ0v) is 21.6. The van der Waals surface area contributed by atoms with Gasteiger partial charge in [-0.2, -0.15) is 0 Å². The van der Waals surface area contributed by atoms with E-state index in [-0.39, 0.29) is 24.3 Å². The summed E-state index contributed by atoms with van der Waals surface area (Å²) < 4.78 is 16.7. The first kappa shape index (κ1) is 25.7. The van der Waals surface area contributed by atoms with E-state index in [0.29, 0.717) is 28.5 Å². The van der Waals surface area contributed by atoms with Crippen molar-refractivity contribution < 1.29 is 23.8 Å². The van der Waals surface area contributed by atoms with Gasteiger partial charge in [0.15, 0.2) is 5.11 Å². The molecule has 1 heterocycles. The summed E-state index contributed by atoms with van der Waals surface area (Å²) in [6.07, 6.45) is 3.87. The Morgan fingerprint density at radius 2 is 1.69 bits per heavy atom. The number of amides is 1. The molecule has 0 unspecified atom stereocenters. The molecular formula is C27H28N2O5S2. The van der Waals surface area contributed by atoms with E-state index in [9.17, 15) is 9.59 Å². The number of aryl methyl sites for hydroxylation is 1. The molecular weight excluding hydrogens is 496 g/mol. The van der Waals surface area contributed by atoms with Crippen LogP contribution in [0, 0.1) is 0 Å². The van der Waals surface area contributed by atoms with Crippen molar-refractivity contribution in [3.8, 4) is 11.5 Å². The van der Waals surface area contributed by atoms with E-state index in [1.54, 1.807) is 31.2 Å². The molecule has 7 nitrogen and oxygen atoms in total. The predicted octanol–water partition coefficient (Wildman–Crippen LogP) is 5.39. The monoisotopic (exact) mass is 524 g/mol. The van der Waals surface area contributed by atoms with Crippen LogP contribution in [-0.2, 0) is 17.6 Å². The lowest BCUT2D eigenvalue weighted by molar-refractivity contribution is 0.0526. The number of esters is 1. The van der Waals surface area contributed by atoms with Crippen LogP contribution in [0.25, 0.3) is 0 Å². The smallest absolute Gasteiger partial charge is 0.341 e. The number of fused-ring (bicyclic) bond motifs is 1. The van der Waals surface area contributed by atoms with Crippen molar-refractivity contribution in [3.05, 3.63) is 76.2 Å². The second kappa shape index (κ2) is 12.5. The van der Waals surface area contributed by atoms with Crippen molar-refractivity contribution in [1.82, 2.24) is 5.32 Å². The molecule has 0 atom stereocenters. The highest BCUT2D eigenvalue weighted by atomic mass is 32.1. The summed E-state index contributed by atoms with van der Waals surface area (Å²) in [7, 11) is 0. The minimum absolute atomic E-state index is 0.103. The van der Waals surface area contributed by atoms with Gasteiger partial charge in [0, 0.05) is 4.88 Å². The molecule has 0 saturated carbocycles. The van der Waals surface area contributed by atoms with Crippen molar-refractivity contribution in [2.75, 3.05) is 25.1 Å². The molecule has 2 aromatic carbocycles. The van der Waals surface area contributed by atoms with Crippen molar-refractivity contribution in [1.29, 1.82) is 0 Å². The van der Waals surface area contributed by atoms with Crippen LogP contribution in [0.2, 0.25) is 0 Å². The summed E-state index contributed by atoms with van der Waals surface area (Å²) in [5, 5.41) is 6.47. The number of ether oxygens (including phenoxy) is 3. The average molecular weight is 525 g/mol. The van der Waals surface area contributed by atoms with Crippen LogP contribution in [-0.4, -0.2) is 36.8 Å². The molecule has 0 spiro atoms. The highest BCUT2D eigenvalue weighted by molar-refractivity contribution is 7.80. The molecule has 1 aromatic heterocycles. The van der Waals surface area contributed by atoms with Crippen LogP contribution in [0.15, 0.2) is 54.6 Å². The van der Waals surface area contributed by atoms with Gasteiger partial charge >= 0.3 is 5.97 Å². The molecule has 36 heavy (non-hydrogen) atoms. The molecule has 0 bridgehead atoms.